The monoisotopic (exact) mass is 714 g/mol. The number of methoxy groups -OCH3 is 3. The van der Waals surface area contributed by atoms with Gasteiger partial charge in [0, 0.05) is 5.70 Å². The van der Waals surface area contributed by atoms with Gasteiger partial charge < -0.3 is 34.3 Å². The summed E-state index contributed by atoms with van der Waals surface area (Å²) < 4.78 is 28.3. The van der Waals surface area contributed by atoms with Crippen LogP contribution in [0.5, 0.6) is 23.0 Å². The number of esters is 1. The van der Waals surface area contributed by atoms with Crippen LogP contribution in [0, 0.1) is 3.57 Å². The van der Waals surface area contributed by atoms with Crippen LogP contribution in [0.15, 0.2) is 77.0 Å². The van der Waals surface area contributed by atoms with Crippen molar-refractivity contribution in [2.75, 3.05) is 27.9 Å². The summed E-state index contributed by atoms with van der Waals surface area (Å²) in [5, 5.41) is 9.31. The van der Waals surface area contributed by atoms with Gasteiger partial charge in [0.05, 0.1) is 42.7 Å². The summed E-state index contributed by atoms with van der Waals surface area (Å²) >= 11 is 2.16. The minimum atomic E-state index is -0.775. The summed E-state index contributed by atoms with van der Waals surface area (Å²) in [7, 11) is 4.26. The van der Waals surface area contributed by atoms with Crippen LogP contribution in [0.1, 0.15) is 29.7 Å². The Bertz CT molecular complexity index is 1590. The lowest BCUT2D eigenvalue weighted by molar-refractivity contribution is -0.136. The Morgan fingerprint density at radius 1 is 0.977 bits per heavy atom. The third-order valence-electron chi connectivity index (χ3n) is 6.43. The molecule has 3 aromatic rings. The van der Waals surface area contributed by atoms with Gasteiger partial charge in [-0.25, -0.2) is 15.0 Å². The molecule has 0 bridgehead atoms. The van der Waals surface area contributed by atoms with E-state index in [0.717, 1.165) is 9.13 Å². The molecule has 3 N–H and O–H groups in total. The minimum absolute atomic E-state index is 0.252. The van der Waals surface area contributed by atoms with Gasteiger partial charge in [-0.1, -0.05) is 36.4 Å². The maximum atomic E-state index is 12.5. The number of hydrazone groups is 1. The van der Waals surface area contributed by atoms with Crippen LogP contribution in [0.4, 0.5) is 4.79 Å². The molecule has 0 unspecified atom stereocenters. The molecule has 0 radical (unpaired) electrons. The molecule has 3 amide bonds. The highest BCUT2D eigenvalue weighted by molar-refractivity contribution is 14.1. The summed E-state index contributed by atoms with van der Waals surface area (Å²) in [6, 6.07) is 17.0. The Hall–Kier alpha value is -4.79. The van der Waals surface area contributed by atoms with Gasteiger partial charge in [-0.3, -0.25) is 4.79 Å². The van der Waals surface area contributed by atoms with Crippen molar-refractivity contribution in [1.29, 1.82) is 0 Å². The van der Waals surface area contributed by atoms with Crippen molar-refractivity contribution in [3.05, 3.63) is 92.2 Å². The lowest BCUT2D eigenvalue weighted by Crippen LogP contribution is -2.45. The molecule has 4 rings (SSSR count). The first-order valence-corrected chi connectivity index (χ1v) is 14.3. The Morgan fingerprint density at radius 3 is 2.43 bits per heavy atom. The lowest BCUT2D eigenvalue weighted by Gasteiger charge is -2.28. The molecule has 1 aliphatic rings. The van der Waals surface area contributed by atoms with Crippen LogP contribution in [-0.2, 0) is 20.9 Å². The van der Waals surface area contributed by atoms with Gasteiger partial charge in [-0.2, -0.15) is 5.10 Å². The van der Waals surface area contributed by atoms with Gasteiger partial charge in [0.25, 0.3) is 5.91 Å². The van der Waals surface area contributed by atoms with E-state index in [1.165, 1.54) is 20.4 Å². The number of urea groups is 1. The van der Waals surface area contributed by atoms with Crippen LogP contribution in [0.3, 0.4) is 0 Å². The Balaban J connectivity index is 1.37. The molecule has 44 heavy (non-hydrogen) atoms. The van der Waals surface area contributed by atoms with Crippen molar-refractivity contribution < 1.29 is 38.1 Å². The smallest absolute Gasteiger partial charge is 0.337 e. The molecule has 230 valence electrons. The molecular weight excluding hydrogens is 683 g/mol. The normalized spacial score (nSPS) is 14.4. The summed E-state index contributed by atoms with van der Waals surface area (Å²) in [5.41, 5.74) is 5.34. The quantitative estimate of drug-likeness (QED) is 0.110. The van der Waals surface area contributed by atoms with E-state index in [9.17, 15) is 14.4 Å². The second-order valence-corrected chi connectivity index (χ2v) is 10.5. The number of nitrogens with zero attached hydrogens (tertiary/aromatic N) is 1. The van der Waals surface area contributed by atoms with E-state index in [1.54, 1.807) is 38.3 Å². The SMILES string of the molecule is COC(=O)C1=C(C)NC(=O)N[C@H]1c1ccc(OCC(=O)N/N=C\c2cc(I)c(OCc3ccccc3)c(OC)c2)c(OC)c1. The first kappa shape index (κ1) is 32.1. The molecule has 0 saturated heterocycles. The van der Waals surface area contributed by atoms with Crippen molar-refractivity contribution in [2.45, 2.75) is 19.6 Å². The van der Waals surface area contributed by atoms with E-state index in [1.807, 2.05) is 36.4 Å². The molecule has 3 aromatic carbocycles. The van der Waals surface area contributed by atoms with Crippen LogP contribution in [0.2, 0.25) is 0 Å². The number of halogens is 1. The summed E-state index contributed by atoms with van der Waals surface area (Å²) in [4.78, 5) is 36.9. The van der Waals surface area contributed by atoms with Gasteiger partial charge in [-0.05, 0) is 70.5 Å². The third-order valence-corrected chi connectivity index (χ3v) is 7.24. The van der Waals surface area contributed by atoms with Crippen molar-refractivity contribution >= 4 is 46.7 Å². The first-order chi connectivity index (χ1) is 21.2. The average Bonchev–Trinajstić information content (AvgIpc) is 3.02. The molecule has 13 heteroatoms. The van der Waals surface area contributed by atoms with Crippen molar-refractivity contribution in [3.63, 3.8) is 0 Å². The lowest BCUT2D eigenvalue weighted by atomic mass is 9.95. The molecule has 1 atom stereocenters. The van der Waals surface area contributed by atoms with Gasteiger partial charge in [0.15, 0.2) is 29.6 Å². The van der Waals surface area contributed by atoms with E-state index in [4.69, 9.17) is 23.7 Å². The van der Waals surface area contributed by atoms with Crippen LogP contribution in [0.25, 0.3) is 0 Å². The highest BCUT2D eigenvalue weighted by Gasteiger charge is 2.32. The van der Waals surface area contributed by atoms with Crippen LogP contribution < -0.4 is 35.0 Å². The van der Waals surface area contributed by atoms with Gasteiger partial charge >= 0.3 is 12.0 Å². The molecule has 0 saturated carbocycles. The number of ether oxygens (including phenoxy) is 5. The summed E-state index contributed by atoms with van der Waals surface area (Å²) in [6.45, 7) is 1.66. The van der Waals surface area contributed by atoms with Gasteiger partial charge in [0.2, 0.25) is 0 Å². The number of allylic oxidation sites excluding steroid dienone is 1. The number of hydrogen-bond acceptors (Lipinski definition) is 9. The van der Waals surface area contributed by atoms with Crippen molar-refractivity contribution in [1.82, 2.24) is 16.1 Å². The first-order valence-electron chi connectivity index (χ1n) is 13.3. The number of nitrogens with one attached hydrogen (secondary N) is 3. The molecule has 0 fully saturated rings. The fourth-order valence-corrected chi connectivity index (χ4v) is 5.13. The van der Waals surface area contributed by atoms with E-state index in [-0.39, 0.29) is 17.9 Å². The predicted molar refractivity (Wildman–Crippen MR) is 170 cm³/mol. The third kappa shape index (κ3) is 7.98. The topological polar surface area (TPSA) is 146 Å². The zero-order valence-electron chi connectivity index (χ0n) is 24.4. The fraction of sp³-hybridized carbons (Fsp3) is 0.226. The van der Waals surface area contributed by atoms with Crippen molar-refractivity contribution in [3.8, 4) is 23.0 Å². The molecule has 12 nitrogen and oxygen atoms in total. The molecule has 1 heterocycles. The second-order valence-electron chi connectivity index (χ2n) is 9.36. The standard InChI is InChI=1S/C31H31IN4O8/c1-18-27(30(38)42-4)28(35-31(39)34-18)21-10-11-23(24(14-21)40-2)43-17-26(37)36-33-15-20-12-22(32)29(25(13-20)41-3)44-16-19-8-6-5-7-9-19/h5-15,28H,16-17H2,1-4H3,(H,36,37)(H2,34,35,39)/b33-15-/t28-/m0/s1. The number of benzene rings is 3. The van der Waals surface area contributed by atoms with E-state index in [2.05, 4.69) is 43.8 Å². The largest absolute Gasteiger partial charge is 0.493 e. The minimum Gasteiger partial charge on any atom is -0.493 e. The fourth-order valence-electron chi connectivity index (χ4n) is 4.35. The van der Waals surface area contributed by atoms with E-state index < -0.39 is 23.9 Å². The van der Waals surface area contributed by atoms with E-state index >= 15 is 0 Å². The molecule has 0 aliphatic carbocycles. The highest BCUT2D eigenvalue weighted by Crippen LogP contribution is 2.35. The van der Waals surface area contributed by atoms with Crippen LogP contribution >= 0.6 is 22.6 Å². The maximum Gasteiger partial charge on any atom is 0.337 e. The molecule has 0 aromatic heterocycles. The summed E-state index contributed by atoms with van der Waals surface area (Å²) in [5.74, 6) is 0.631. The number of carbonyl (C=O) groups excluding carboxylic acids is 3. The maximum absolute atomic E-state index is 12.5. The Kier molecular flexibility index (Phi) is 11.0. The number of rotatable bonds is 12. The van der Waals surface area contributed by atoms with Crippen LogP contribution in [-0.4, -0.2) is 52.1 Å². The number of hydrogen-bond donors (Lipinski definition) is 3. The zero-order chi connectivity index (χ0) is 31.6. The molecule has 1 aliphatic heterocycles. The predicted octanol–water partition coefficient (Wildman–Crippen LogP) is 4.22. The van der Waals surface area contributed by atoms with Gasteiger partial charge in [0.1, 0.15) is 6.61 Å². The van der Waals surface area contributed by atoms with Crippen molar-refractivity contribution in [2.24, 2.45) is 5.10 Å². The molecular formula is C31H31IN4O8. The van der Waals surface area contributed by atoms with Gasteiger partial charge in [-0.15, -0.1) is 0 Å². The highest BCUT2D eigenvalue weighted by atomic mass is 127. The number of carbonyl (C=O) groups is 3. The Morgan fingerprint density at radius 2 is 1.73 bits per heavy atom. The van der Waals surface area contributed by atoms with E-state index in [0.29, 0.717) is 40.7 Å². The average molecular weight is 715 g/mol. The zero-order valence-corrected chi connectivity index (χ0v) is 26.6. The Labute approximate surface area is 267 Å². The number of amides is 3. The summed E-state index contributed by atoms with van der Waals surface area (Å²) in [6.07, 6.45) is 1.49. The second kappa shape index (κ2) is 15.1. The molecule has 0 spiro atoms.